The highest BCUT2D eigenvalue weighted by Crippen LogP contribution is 2.29. The molecular weight excluding hydrogens is 350 g/mol. The first-order valence-corrected chi connectivity index (χ1v) is 8.52. The molecule has 1 aliphatic rings. The van der Waals surface area contributed by atoms with E-state index in [2.05, 4.69) is 10.7 Å². The van der Waals surface area contributed by atoms with Gasteiger partial charge < -0.3 is 14.8 Å². The first kappa shape index (κ1) is 18.8. The summed E-state index contributed by atoms with van der Waals surface area (Å²) in [5, 5.41) is 5.67. The zero-order valence-electron chi connectivity index (χ0n) is 13.8. The Bertz CT molecular complexity index is 600. The smallest absolute Gasteiger partial charge is 0.245 e. The number of ether oxygens (including phenoxy) is 2. The van der Waals surface area contributed by atoms with Crippen molar-refractivity contribution in [1.82, 2.24) is 15.8 Å². The summed E-state index contributed by atoms with van der Waals surface area (Å²) < 4.78 is 10.6. The van der Waals surface area contributed by atoms with Gasteiger partial charge in [-0.05, 0) is 48.8 Å². The lowest BCUT2D eigenvalue weighted by molar-refractivity contribution is -0.129. The predicted octanol–water partition coefficient (Wildman–Crippen LogP) is 1.77. The highest BCUT2D eigenvalue weighted by atomic mass is 35.5. The minimum Gasteiger partial charge on any atom is -0.492 e. The van der Waals surface area contributed by atoms with Crippen LogP contribution in [-0.2, 0) is 16.0 Å². The second-order valence-electron chi connectivity index (χ2n) is 5.58. The summed E-state index contributed by atoms with van der Waals surface area (Å²) in [7, 11) is 3.36. The molecule has 1 aliphatic heterocycles. The predicted molar refractivity (Wildman–Crippen MR) is 97.1 cm³/mol. The average molecular weight is 372 g/mol. The third-order valence-corrected chi connectivity index (χ3v) is 4.34. The van der Waals surface area contributed by atoms with Gasteiger partial charge in [0.05, 0.1) is 5.92 Å². The van der Waals surface area contributed by atoms with Crippen molar-refractivity contribution in [2.24, 2.45) is 5.92 Å². The Balaban J connectivity index is 1.83. The number of nitrogens with zero attached hydrogens (tertiary/aromatic N) is 1. The molecule has 0 radical (unpaired) electrons. The van der Waals surface area contributed by atoms with Crippen molar-refractivity contribution >= 4 is 34.8 Å². The Morgan fingerprint density at radius 3 is 3.08 bits per heavy atom. The Hall–Kier alpha value is -1.57. The molecule has 6 nitrogen and oxygen atoms in total. The number of rotatable bonds is 5. The van der Waals surface area contributed by atoms with E-state index < -0.39 is 0 Å². The molecule has 2 rings (SSSR count). The molecule has 1 aromatic carbocycles. The standard InChI is InChI=1S/C16H22ClN3O3S/c1-20(16(24)18-6-3-7-22-2)19-15(21)12-8-11-9-13(17)4-5-14(11)23-10-12/h4-5,9,12H,3,6-8,10H2,1-2H3,(H,18,24)(H,19,21)/t12-/m1/s1. The van der Waals surface area contributed by atoms with Gasteiger partial charge in [-0.1, -0.05) is 11.6 Å². The van der Waals surface area contributed by atoms with Crippen LogP contribution in [0.1, 0.15) is 12.0 Å². The Labute approximate surface area is 152 Å². The van der Waals surface area contributed by atoms with Gasteiger partial charge in [0, 0.05) is 32.3 Å². The number of benzene rings is 1. The lowest BCUT2D eigenvalue weighted by Gasteiger charge is -2.28. The molecule has 1 aromatic rings. The maximum Gasteiger partial charge on any atom is 0.245 e. The quantitative estimate of drug-likeness (QED) is 0.467. The first-order valence-electron chi connectivity index (χ1n) is 7.73. The van der Waals surface area contributed by atoms with Crippen molar-refractivity contribution in [3.8, 4) is 5.75 Å². The SMILES string of the molecule is COCCCNC(=S)N(C)NC(=O)[C@H]1COc2ccc(Cl)cc2C1. The Kier molecular flexibility index (Phi) is 7.08. The van der Waals surface area contributed by atoms with Crippen LogP contribution in [0.25, 0.3) is 0 Å². The van der Waals surface area contributed by atoms with E-state index in [0.29, 0.717) is 36.3 Å². The molecule has 2 N–H and O–H groups in total. The van der Waals surface area contributed by atoms with Gasteiger partial charge in [-0.25, -0.2) is 0 Å². The molecule has 0 spiro atoms. The number of hydrogen-bond acceptors (Lipinski definition) is 4. The van der Waals surface area contributed by atoms with E-state index in [0.717, 1.165) is 17.7 Å². The van der Waals surface area contributed by atoms with E-state index in [-0.39, 0.29) is 11.8 Å². The molecule has 1 atom stereocenters. The molecule has 0 unspecified atom stereocenters. The van der Waals surface area contributed by atoms with E-state index in [1.165, 1.54) is 5.01 Å². The van der Waals surface area contributed by atoms with E-state index in [9.17, 15) is 4.79 Å². The first-order chi connectivity index (χ1) is 11.5. The van der Waals surface area contributed by atoms with Crippen LogP contribution in [0.3, 0.4) is 0 Å². The normalized spacial score (nSPS) is 15.9. The van der Waals surface area contributed by atoms with Crippen LogP contribution < -0.4 is 15.5 Å². The van der Waals surface area contributed by atoms with Gasteiger partial charge in [-0.15, -0.1) is 0 Å². The molecule has 8 heteroatoms. The van der Waals surface area contributed by atoms with Crippen molar-refractivity contribution in [2.45, 2.75) is 12.8 Å². The lowest BCUT2D eigenvalue weighted by Crippen LogP contribution is -2.51. The summed E-state index contributed by atoms with van der Waals surface area (Å²) >= 11 is 11.2. The van der Waals surface area contributed by atoms with E-state index in [1.807, 2.05) is 12.1 Å². The number of hydrazine groups is 1. The second-order valence-corrected chi connectivity index (χ2v) is 6.40. The molecule has 0 fully saturated rings. The number of carbonyl (C=O) groups is 1. The molecule has 1 amide bonds. The number of fused-ring (bicyclic) bond motifs is 1. The number of carbonyl (C=O) groups excluding carboxylic acids is 1. The molecule has 0 bridgehead atoms. The Morgan fingerprint density at radius 1 is 1.54 bits per heavy atom. The number of nitrogens with one attached hydrogen (secondary N) is 2. The van der Waals surface area contributed by atoms with Crippen molar-refractivity contribution in [2.75, 3.05) is 33.9 Å². The van der Waals surface area contributed by atoms with E-state index >= 15 is 0 Å². The highest BCUT2D eigenvalue weighted by Gasteiger charge is 2.27. The zero-order valence-corrected chi connectivity index (χ0v) is 15.4. The van der Waals surface area contributed by atoms with Gasteiger partial charge in [0.25, 0.3) is 0 Å². The average Bonchev–Trinajstić information content (AvgIpc) is 2.57. The van der Waals surface area contributed by atoms with Crippen molar-refractivity contribution < 1.29 is 14.3 Å². The topological polar surface area (TPSA) is 62.8 Å². The summed E-state index contributed by atoms with van der Waals surface area (Å²) in [6.45, 7) is 1.68. The fourth-order valence-corrected chi connectivity index (χ4v) is 2.71. The number of thiocarbonyl (C=S) groups is 1. The third-order valence-electron chi connectivity index (χ3n) is 3.68. The van der Waals surface area contributed by atoms with Crippen LogP contribution in [-0.4, -0.2) is 49.9 Å². The molecular formula is C16H22ClN3O3S. The fourth-order valence-electron chi connectivity index (χ4n) is 2.37. The minimum absolute atomic E-state index is 0.135. The van der Waals surface area contributed by atoms with Gasteiger partial charge in [-0.2, -0.15) is 0 Å². The van der Waals surface area contributed by atoms with Crippen LogP contribution >= 0.6 is 23.8 Å². The van der Waals surface area contributed by atoms with E-state index in [4.69, 9.17) is 33.3 Å². The monoisotopic (exact) mass is 371 g/mol. The largest absolute Gasteiger partial charge is 0.492 e. The van der Waals surface area contributed by atoms with Crippen LogP contribution in [0.5, 0.6) is 5.75 Å². The van der Waals surface area contributed by atoms with Crippen LogP contribution in [0.15, 0.2) is 18.2 Å². The number of halogens is 1. The molecule has 0 aromatic heterocycles. The van der Waals surface area contributed by atoms with Crippen molar-refractivity contribution in [3.05, 3.63) is 28.8 Å². The fraction of sp³-hybridized carbons (Fsp3) is 0.500. The molecule has 0 aliphatic carbocycles. The van der Waals surface area contributed by atoms with Gasteiger partial charge in [-0.3, -0.25) is 15.2 Å². The number of amides is 1. The molecule has 0 saturated carbocycles. The summed E-state index contributed by atoms with van der Waals surface area (Å²) in [5.41, 5.74) is 3.72. The second kappa shape index (κ2) is 9.05. The summed E-state index contributed by atoms with van der Waals surface area (Å²) in [6.07, 6.45) is 1.43. The van der Waals surface area contributed by atoms with E-state index in [1.54, 1.807) is 20.2 Å². The van der Waals surface area contributed by atoms with Gasteiger partial charge in [0.1, 0.15) is 12.4 Å². The molecule has 0 saturated heterocycles. The third kappa shape index (κ3) is 5.22. The minimum atomic E-state index is -0.283. The number of hydrogen-bond donors (Lipinski definition) is 2. The van der Waals surface area contributed by atoms with Crippen LogP contribution in [0, 0.1) is 5.92 Å². The van der Waals surface area contributed by atoms with Crippen molar-refractivity contribution in [3.63, 3.8) is 0 Å². The van der Waals surface area contributed by atoms with Gasteiger partial charge >= 0.3 is 0 Å². The molecule has 132 valence electrons. The van der Waals surface area contributed by atoms with Gasteiger partial charge in [0.2, 0.25) is 5.91 Å². The number of methoxy groups -OCH3 is 1. The zero-order chi connectivity index (χ0) is 17.5. The van der Waals surface area contributed by atoms with Crippen LogP contribution in [0.2, 0.25) is 5.02 Å². The maximum absolute atomic E-state index is 12.4. The molecule has 24 heavy (non-hydrogen) atoms. The maximum atomic E-state index is 12.4. The van der Waals surface area contributed by atoms with Crippen LogP contribution in [0.4, 0.5) is 0 Å². The van der Waals surface area contributed by atoms with Crippen molar-refractivity contribution in [1.29, 1.82) is 0 Å². The molecule has 1 heterocycles. The summed E-state index contributed by atoms with van der Waals surface area (Å²) in [4.78, 5) is 12.4. The summed E-state index contributed by atoms with van der Waals surface area (Å²) in [6, 6.07) is 5.45. The summed E-state index contributed by atoms with van der Waals surface area (Å²) in [5.74, 6) is 0.367. The highest BCUT2D eigenvalue weighted by molar-refractivity contribution is 7.80. The lowest BCUT2D eigenvalue weighted by atomic mass is 9.96. The van der Waals surface area contributed by atoms with Gasteiger partial charge in [0.15, 0.2) is 5.11 Å². The Morgan fingerprint density at radius 2 is 2.33 bits per heavy atom.